The number of rotatable bonds is 6. The fraction of sp³-hybridized carbons (Fsp3) is 0.417. The minimum Gasteiger partial charge on any atom is -0.367 e. The molecule has 1 fully saturated rings. The second kappa shape index (κ2) is 9.73. The highest BCUT2D eigenvalue weighted by atomic mass is 19.4. The molecule has 1 aliphatic carbocycles. The molecule has 30 heavy (non-hydrogen) atoms. The highest BCUT2D eigenvalue weighted by molar-refractivity contribution is 5.83. The van der Waals surface area contributed by atoms with Crippen LogP contribution in [0, 0.1) is 5.92 Å². The van der Waals surface area contributed by atoms with Gasteiger partial charge in [0.15, 0.2) is 11.7 Å². The van der Waals surface area contributed by atoms with Crippen LogP contribution in [0.3, 0.4) is 0 Å². The summed E-state index contributed by atoms with van der Waals surface area (Å²) in [5, 5.41) is 0. The molecule has 2 aromatic rings. The number of benzene rings is 2. The van der Waals surface area contributed by atoms with Crippen molar-refractivity contribution < 1.29 is 26.7 Å². The third kappa shape index (κ3) is 6.14. The van der Waals surface area contributed by atoms with Crippen LogP contribution in [0.5, 0.6) is 0 Å². The molecule has 162 valence electrons. The van der Waals surface area contributed by atoms with Crippen LogP contribution < -0.4 is 0 Å². The molecule has 3 rings (SSSR count). The van der Waals surface area contributed by atoms with Gasteiger partial charge in [-0.2, -0.15) is 13.2 Å². The van der Waals surface area contributed by atoms with Gasteiger partial charge in [0.2, 0.25) is 0 Å². The SMILES string of the molecule is CC1CCC(c2ccc(/C(F)=C(/F)c3ccc(COCC(F)(F)F)cc3)cc2)CC1. The molecule has 0 saturated heterocycles. The summed E-state index contributed by atoms with van der Waals surface area (Å²) >= 11 is 0. The Hall–Kier alpha value is -2.21. The first-order valence-electron chi connectivity index (χ1n) is 10.1. The second-order valence-corrected chi connectivity index (χ2v) is 8.01. The van der Waals surface area contributed by atoms with E-state index in [1.165, 1.54) is 37.1 Å². The van der Waals surface area contributed by atoms with E-state index in [-0.39, 0.29) is 17.7 Å². The number of alkyl halides is 3. The van der Waals surface area contributed by atoms with Crippen molar-refractivity contribution in [3.8, 4) is 0 Å². The molecule has 0 amide bonds. The van der Waals surface area contributed by atoms with Gasteiger partial charge in [-0.05, 0) is 35.8 Å². The third-order valence-electron chi connectivity index (χ3n) is 5.59. The van der Waals surface area contributed by atoms with Crippen LogP contribution in [0.25, 0.3) is 11.7 Å². The Labute approximate surface area is 173 Å². The Balaban J connectivity index is 1.65. The molecule has 0 radical (unpaired) electrons. The standard InChI is InChI=1S/C24H25F5O/c1-16-2-6-18(7-3-16)19-10-12-21(13-11-19)23(26)22(25)20-8-4-17(5-9-20)14-30-15-24(27,28)29/h4-5,8-13,16,18H,2-3,6-7,14-15H2,1H3/b23-22-. The maximum atomic E-state index is 14.6. The van der Waals surface area contributed by atoms with Gasteiger partial charge in [-0.15, -0.1) is 0 Å². The normalized spacial score (nSPS) is 20.7. The molecular weight excluding hydrogens is 399 g/mol. The van der Waals surface area contributed by atoms with E-state index in [1.807, 2.05) is 12.1 Å². The maximum Gasteiger partial charge on any atom is 0.411 e. The zero-order valence-electron chi connectivity index (χ0n) is 16.8. The van der Waals surface area contributed by atoms with E-state index in [1.54, 1.807) is 12.1 Å². The summed E-state index contributed by atoms with van der Waals surface area (Å²) in [4.78, 5) is 0. The van der Waals surface area contributed by atoms with Crippen LogP contribution in [0.4, 0.5) is 22.0 Å². The Morgan fingerprint density at radius 1 is 0.833 bits per heavy atom. The average molecular weight is 424 g/mol. The van der Waals surface area contributed by atoms with E-state index >= 15 is 0 Å². The molecule has 0 atom stereocenters. The molecule has 0 unspecified atom stereocenters. The molecule has 0 aliphatic heterocycles. The minimum absolute atomic E-state index is 0.0254. The third-order valence-corrected chi connectivity index (χ3v) is 5.59. The van der Waals surface area contributed by atoms with Crippen molar-refractivity contribution in [2.45, 2.75) is 51.3 Å². The minimum atomic E-state index is -4.40. The molecule has 1 nitrogen and oxygen atoms in total. The van der Waals surface area contributed by atoms with Crippen LogP contribution >= 0.6 is 0 Å². The van der Waals surface area contributed by atoms with E-state index in [0.717, 1.165) is 24.3 Å². The lowest BCUT2D eigenvalue weighted by Crippen LogP contribution is -2.16. The molecule has 0 N–H and O–H groups in total. The first kappa shape index (κ1) is 22.5. The Morgan fingerprint density at radius 3 is 1.83 bits per heavy atom. The van der Waals surface area contributed by atoms with Crippen LogP contribution in [0.2, 0.25) is 0 Å². The van der Waals surface area contributed by atoms with Crippen LogP contribution in [0.15, 0.2) is 48.5 Å². The van der Waals surface area contributed by atoms with Crippen molar-refractivity contribution in [1.82, 2.24) is 0 Å². The molecule has 0 heterocycles. The van der Waals surface area contributed by atoms with Gasteiger partial charge < -0.3 is 4.74 Å². The fourth-order valence-corrected chi connectivity index (χ4v) is 3.78. The van der Waals surface area contributed by atoms with E-state index in [4.69, 9.17) is 0 Å². The quantitative estimate of drug-likeness (QED) is 0.339. The molecule has 6 heteroatoms. The Morgan fingerprint density at radius 2 is 1.33 bits per heavy atom. The Kier molecular flexibility index (Phi) is 7.29. The number of hydrogen-bond acceptors (Lipinski definition) is 1. The summed E-state index contributed by atoms with van der Waals surface area (Å²) in [6.07, 6.45) is 0.209. The highest BCUT2D eigenvalue weighted by Crippen LogP contribution is 2.36. The van der Waals surface area contributed by atoms with Crippen molar-refractivity contribution in [1.29, 1.82) is 0 Å². The summed E-state index contributed by atoms with van der Waals surface area (Å²) in [7, 11) is 0. The van der Waals surface area contributed by atoms with E-state index in [0.29, 0.717) is 11.5 Å². The van der Waals surface area contributed by atoms with Crippen LogP contribution in [0.1, 0.15) is 60.8 Å². The predicted octanol–water partition coefficient (Wildman–Crippen LogP) is 7.82. The van der Waals surface area contributed by atoms with Crippen molar-refractivity contribution in [3.05, 3.63) is 70.8 Å². The monoisotopic (exact) mass is 424 g/mol. The van der Waals surface area contributed by atoms with Gasteiger partial charge in [-0.3, -0.25) is 0 Å². The summed E-state index contributed by atoms with van der Waals surface area (Å²) in [5.74, 6) is -0.742. The summed E-state index contributed by atoms with van der Waals surface area (Å²) in [6, 6.07) is 12.4. The highest BCUT2D eigenvalue weighted by Gasteiger charge is 2.27. The summed E-state index contributed by atoms with van der Waals surface area (Å²) in [5.41, 5.74) is 1.79. The van der Waals surface area contributed by atoms with Crippen molar-refractivity contribution in [2.75, 3.05) is 6.61 Å². The van der Waals surface area contributed by atoms with Crippen LogP contribution in [-0.4, -0.2) is 12.8 Å². The summed E-state index contributed by atoms with van der Waals surface area (Å²) in [6.45, 7) is 0.646. The van der Waals surface area contributed by atoms with Crippen molar-refractivity contribution in [3.63, 3.8) is 0 Å². The van der Waals surface area contributed by atoms with Gasteiger partial charge >= 0.3 is 6.18 Å². The second-order valence-electron chi connectivity index (χ2n) is 8.01. The lowest BCUT2D eigenvalue weighted by molar-refractivity contribution is -0.176. The van der Waals surface area contributed by atoms with Crippen molar-refractivity contribution >= 4 is 11.7 Å². The first-order chi connectivity index (χ1) is 14.2. The Bertz CT molecular complexity index is 845. The first-order valence-corrected chi connectivity index (χ1v) is 10.1. The largest absolute Gasteiger partial charge is 0.411 e. The fourth-order valence-electron chi connectivity index (χ4n) is 3.78. The van der Waals surface area contributed by atoms with Gasteiger partial charge in [0.25, 0.3) is 0 Å². The van der Waals surface area contributed by atoms with Gasteiger partial charge in [-0.1, -0.05) is 68.3 Å². The summed E-state index contributed by atoms with van der Waals surface area (Å²) < 4.78 is 70.1. The van der Waals surface area contributed by atoms with Gasteiger partial charge in [0.1, 0.15) is 6.61 Å². The molecule has 1 saturated carbocycles. The average Bonchev–Trinajstić information content (AvgIpc) is 2.73. The van der Waals surface area contributed by atoms with Gasteiger partial charge in [0, 0.05) is 11.1 Å². The van der Waals surface area contributed by atoms with Gasteiger partial charge in [0.05, 0.1) is 6.61 Å². The molecule has 2 aromatic carbocycles. The smallest absolute Gasteiger partial charge is 0.367 e. The molecule has 1 aliphatic rings. The lowest BCUT2D eigenvalue weighted by atomic mass is 9.79. The molecular formula is C24H25F5O. The van der Waals surface area contributed by atoms with Gasteiger partial charge in [-0.25, -0.2) is 8.78 Å². The molecule has 0 aromatic heterocycles. The maximum absolute atomic E-state index is 14.6. The zero-order valence-corrected chi connectivity index (χ0v) is 16.8. The van der Waals surface area contributed by atoms with E-state index < -0.39 is 24.4 Å². The van der Waals surface area contributed by atoms with Crippen molar-refractivity contribution in [2.24, 2.45) is 5.92 Å². The number of hydrogen-bond donors (Lipinski definition) is 0. The molecule has 0 bridgehead atoms. The zero-order chi connectivity index (χ0) is 21.7. The van der Waals surface area contributed by atoms with Crippen LogP contribution in [-0.2, 0) is 11.3 Å². The number of ether oxygens (including phenoxy) is 1. The topological polar surface area (TPSA) is 9.23 Å². The predicted molar refractivity (Wildman–Crippen MR) is 108 cm³/mol. The lowest BCUT2D eigenvalue weighted by Gasteiger charge is -2.26. The molecule has 0 spiro atoms. The number of halogens is 5. The van der Waals surface area contributed by atoms with E-state index in [9.17, 15) is 22.0 Å². The van der Waals surface area contributed by atoms with E-state index in [2.05, 4.69) is 11.7 Å².